The monoisotopic (exact) mass is 408 g/mol. The highest BCUT2D eigenvalue weighted by molar-refractivity contribution is 5.07. The van der Waals surface area contributed by atoms with Crippen LogP contribution in [0.5, 0.6) is 0 Å². The second-order valence-corrected chi connectivity index (χ2v) is 8.54. The Morgan fingerprint density at radius 3 is 1.48 bits per heavy atom. The minimum atomic E-state index is -0.958. The Kier molecular flexibility index (Phi) is 15.9. The fourth-order valence-electron chi connectivity index (χ4n) is 2.75. The zero-order valence-corrected chi connectivity index (χ0v) is 19.3. The summed E-state index contributed by atoms with van der Waals surface area (Å²) < 4.78 is 5.50. The molecule has 0 saturated carbocycles. The lowest BCUT2D eigenvalue weighted by molar-refractivity contribution is -0.0524. The number of rotatable bonds is 16. The van der Waals surface area contributed by atoms with Crippen molar-refractivity contribution in [2.24, 2.45) is 5.41 Å². The summed E-state index contributed by atoms with van der Waals surface area (Å²) in [5, 5.41) is 27.8. The van der Waals surface area contributed by atoms with Crippen molar-refractivity contribution in [3.8, 4) is 0 Å². The Balaban J connectivity index is 4.11. The minimum Gasteiger partial charge on any atom is -0.396 e. The standard InChI is InChI=1S/C25H44O4/c1-21(2)9-6-10-22(3)11-7-12-23(4)13-8-14-24(5)15-16-29-20-25(17-26,18-27)19-28/h9,11,13,15,26-28H,6-8,10,12,14,16-20H2,1-5H3/b22-11+,23-13+,24-15?. The van der Waals surface area contributed by atoms with E-state index >= 15 is 0 Å². The molecule has 0 radical (unpaired) electrons. The molecule has 0 fully saturated rings. The maximum absolute atomic E-state index is 9.28. The molecule has 4 nitrogen and oxygen atoms in total. The van der Waals surface area contributed by atoms with E-state index in [0.29, 0.717) is 6.61 Å². The lowest BCUT2D eigenvalue weighted by Gasteiger charge is -2.26. The van der Waals surface area contributed by atoms with Gasteiger partial charge in [-0.15, -0.1) is 0 Å². The van der Waals surface area contributed by atoms with Gasteiger partial charge in [0.2, 0.25) is 0 Å². The van der Waals surface area contributed by atoms with E-state index in [9.17, 15) is 15.3 Å². The molecule has 0 aromatic rings. The van der Waals surface area contributed by atoms with Gasteiger partial charge in [0.25, 0.3) is 0 Å². The number of allylic oxidation sites excluding steroid dienone is 7. The molecule has 0 aromatic carbocycles. The predicted octanol–water partition coefficient (Wildman–Crippen LogP) is 5.11. The summed E-state index contributed by atoms with van der Waals surface area (Å²) in [6, 6.07) is 0. The third kappa shape index (κ3) is 14.4. The lowest BCUT2D eigenvalue weighted by Crippen LogP contribution is -2.38. The van der Waals surface area contributed by atoms with Gasteiger partial charge in [0.05, 0.1) is 38.4 Å². The molecular weight excluding hydrogens is 364 g/mol. The van der Waals surface area contributed by atoms with Crippen molar-refractivity contribution in [3.05, 3.63) is 46.6 Å². The van der Waals surface area contributed by atoms with Crippen LogP contribution in [0.4, 0.5) is 0 Å². The van der Waals surface area contributed by atoms with Crippen LogP contribution < -0.4 is 0 Å². The lowest BCUT2D eigenvalue weighted by atomic mass is 9.93. The maximum atomic E-state index is 9.28. The van der Waals surface area contributed by atoms with Gasteiger partial charge in [-0.2, -0.15) is 0 Å². The second-order valence-electron chi connectivity index (χ2n) is 8.54. The molecule has 4 heteroatoms. The molecule has 0 spiro atoms. The Hall–Kier alpha value is -1.20. The third-order valence-corrected chi connectivity index (χ3v) is 5.12. The second kappa shape index (κ2) is 16.6. The van der Waals surface area contributed by atoms with Gasteiger partial charge in [0, 0.05) is 0 Å². The predicted molar refractivity (Wildman–Crippen MR) is 123 cm³/mol. The van der Waals surface area contributed by atoms with Gasteiger partial charge in [-0.05, 0) is 73.1 Å². The van der Waals surface area contributed by atoms with Gasteiger partial charge >= 0.3 is 0 Å². The van der Waals surface area contributed by atoms with Crippen LogP contribution in [0.1, 0.15) is 73.1 Å². The largest absolute Gasteiger partial charge is 0.396 e. The van der Waals surface area contributed by atoms with Crippen molar-refractivity contribution < 1.29 is 20.1 Å². The molecule has 3 N–H and O–H groups in total. The van der Waals surface area contributed by atoms with Gasteiger partial charge in [-0.25, -0.2) is 0 Å². The van der Waals surface area contributed by atoms with Gasteiger partial charge in [-0.1, -0.05) is 46.6 Å². The van der Waals surface area contributed by atoms with Crippen LogP contribution >= 0.6 is 0 Å². The van der Waals surface area contributed by atoms with E-state index in [2.05, 4.69) is 52.8 Å². The van der Waals surface area contributed by atoms with Crippen molar-refractivity contribution in [1.29, 1.82) is 0 Å². The summed E-state index contributed by atoms with van der Waals surface area (Å²) in [5.74, 6) is 0. The summed E-state index contributed by atoms with van der Waals surface area (Å²) >= 11 is 0. The molecule has 0 aliphatic carbocycles. The van der Waals surface area contributed by atoms with Crippen molar-refractivity contribution in [1.82, 2.24) is 0 Å². The zero-order valence-electron chi connectivity index (χ0n) is 19.3. The van der Waals surface area contributed by atoms with Crippen molar-refractivity contribution in [2.75, 3.05) is 33.0 Å². The SMILES string of the molecule is CC(C)=CCC/C(C)=C/CC/C(C)=C/CCC(C)=CCOCC(CO)(CO)CO. The number of aliphatic hydroxyl groups is 3. The summed E-state index contributed by atoms with van der Waals surface area (Å²) in [5.41, 5.74) is 4.59. The molecule has 29 heavy (non-hydrogen) atoms. The van der Waals surface area contributed by atoms with Crippen LogP contribution in [0.15, 0.2) is 46.6 Å². The highest BCUT2D eigenvalue weighted by atomic mass is 16.5. The molecule has 0 bridgehead atoms. The number of aliphatic hydroxyl groups excluding tert-OH is 3. The topological polar surface area (TPSA) is 69.9 Å². The third-order valence-electron chi connectivity index (χ3n) is 5.12. The number of ether oxygens (including phenoxy) is 1. The summed E-state index contributed by atoms with van der Waals surface area (Å²) in [6.45, 7) is 10.5. The van der Waals surface area contributed by atoms with Gasteiger partial charge in [-0.3, -0.25) is 0 Å². The van der Waals surface area contributed by atoms with Gasteiger partial charge < -0.3 is 20.1 Å². The fourth-order valence-corrected chi connectivity index (χ4v) is 2.75. The highest BCUT2D eigenvalue weighted by Crippen LogP contribution is 2.16. The van der Waals surface area contributed by atoms with Crippen LogP contribution in [0.25, 0.3) is 0 Å². The number of hydrogen-bond donors (Lipinski definition) is 3. The first-order valence-corrected chi connectivity index (χ1v) is 10.8. The van der Waals surface area contributed by atoms with E-state index < -0.39 is 5.41 Å². The first kappa shape index (κ1) is 27.8. The molecule has 0 aromatic heterocycles. The molecule has 0 aliphatic heterocycles. The Bertz CT molecular complexity index is 539. The Labute approximate surface area is 178 Å². The molecule has 0 amide bonds. The van der Waals surface area contributed by atoms with Crippen molar-refractivity contribution in [3.63, 3.8) is 0 Å². The smallest absolute Gasteiger partial charge is 0.0650 e. The van der Waals surface area contributed by atoms with Crippen molar-refractivity contribution in [2.45, 2.75) is 73.1 Å². The van der Waals surface area contributed by atoms with Gasteiger partial charge in [0.1, 0.15) is 0 Å². The van der Waals surface area contributed by atoms with Crippen LogP contribution in [0, 0.1) is 5.41 Å². The van der Waals surface area contributed by atoms with Crippen LogP contribution in [-0.2, 0) is 4.74 Å². The molecule has 0 rings (SSSR count). The Morgan fingerprint density at radius 2 is 1.07 bits per heavy atom. The average molecular weight is 409 g/mol. The molecular formula is C25H44O4. The molecule has 0 atom stereocenters. The Morgan fingerprint density at radius 1 is 0.655 bits per heavy atom. The molecule has 0 unspecified atom stereocenters. The van der Waals surface area contributed by atoms with Crippen LogP contribution in [0.3, 0.4) is 0 Å². The quantitative estimate of drug-likeness (QED) is 0.245. The molecule has 0 aliphatic rings. The fraction of sp³-hybridized carbons (Fsp3) is 0.680. The van der Waals surface area contributed by atoms with Crippen LogP contribution in [-0.4, -0.2) is 48.4 Å². The molecule has 0 saturated heterocycles. The van der Waals surface area contributed by atoms with Crippen molar-refractivity contribution >= 4 is 0 Å². The minimum absolute atomic E-state index is 0.139. The summed E-state index contributed by atoms with van der Waals surface area (Å²) in [6.07, 6.45) is 15.5. The zero-order chi connectivity index (χ0) is 22.1. The van der Waals surface area contributed by atoms with E-state index in [1.54, 1.807) is 0 Å². The van der Waals surface area contributed by atoms with E-state index in [0.717, 1.165) is 38.5 Å². The van der Waals surface area contributed by atoms with E-state index in [1.165, 1.54) is 22.3 Å². The highest BCUT2D eigenvalue weighted by Gasteiger charge is 2.28. The van der Waals surface area contributed by atoms with Gasteiger partial charge in [0.15, 0.2) is 0 Å². The maximum Gasteiger partial charge on any atom is 0.0650 e. The van der Waals surface area contributed by atoms with Crippen LogP contribution in [0.2, 0.25) is 0 Å². The number of hydrogen-bond acceptors (Lipinski definition) is 4. The first-order valence-electron chi connectivity index (χ1n) is 10.8. The molecule has 0 heterocycles. The summed E-state index contributed by atoms with van der Waals surface area (Å²) in [7, 11) is 0. The average Bonchev–Trinajstić information content (AvgIpc) is 2.68. The molecule has 168 valence electrons. The normalized spacial score (nSPS) is 13.7. The first-order chi connectivity index (χ1) is 13.8. The van der Waals surface area contributed by atoms with E-state index in [1.807, 2.05) is 6.08 Å². The van der Waals surface area contributed by atoms with E-state index in [-0.39, 0.29) is 26.4 Å². The van der Waals surface area contributed by atoms with E-state index in [4.69, 9.17) is 4.74 Å². The summed E-state index contributed by atoms with van der Waals surface area (Å²) in [4.78, 5) is 0.